The van der Waals surface area contributed by atoms with Crippen molar-refractivity contribution in [2.24, 2.45) is 5.41 Å². The Morgan fingerprint density at radius 2 is 2.32 bits per heavy atom. The molecule has 19 heavy (non-hydrogen) atoms. The summed E-state index contributed by atoms with van der Waals surface area (Å²) in [5, 5.41) is 6.00. The van der Waals surface area contributed by atoms with E-state index >= 15 is 0 Å². The number of nitrogens with zero attached hydrogens (tertiary/aromatic N) is 1. The van der Waals surface area contributed by atoms with Crippen molar-refractivity contribution in [2.45, 2.75) is 19.8 Å². The van der Waals surface area contributed by atoms with E-state index in [-0.39, 0.29) is 18.3 Å². The smallest absolute Gasteiger partial charge is 0.265 e. The van der Waals surface area contributed by atoms with Gasteiger partial charge in [-0.25, -0.2) is 0 Å². The Morgan fingerprint density at radius 1 is 1.53 bits per heavy atom. The molecule has 6 heteroatoms. The minimum Gasteiger partial charge on any atom is -0.337 e. The molecule has 2 aliphatic rings. The molecule has 2 saturated heterocycles. The Bertz CT molecular complexity index is 483. The Labute approximate surface area is 128 Å². The van der Waals surface area contributed by atoms with Gasteiger partial charge in [0, 0.05) is 25.0 Å². The molecule has 0 saturated carbocycles. The molecule has 1 aromatic heterocycles. The quantitative estimate of drug-likeness (QED) is 0.862. The van der Waals surface area contributed by atoms with Gasteiger partial charge in [0.2, 0.25) is 0 Å². The molecule has 0 aliphatic carbocycles. The number of rotatable bonds is 1. The van der Waals surface area contributed by atoms with Crippen molar-refractivity contribution in [1.82, 2.24) is 10.2 Å². The maximum atomic E-state index is 12.5. The summed E-state index contributed by atoms with van der Waals surface area (Å²) in [5.74, 6) is 0.113. The number of hydrogen-bond donors (Lipinski definition) is 1. The van der Waals surface area contributed by atoms with E-state index in [0.717, 1.165) is 38.2 Å². The van der Waals surface area contributed by atoms with Gasteiger partial charge in [-0.05, 0) is 37.3 Å². The zero-order valence-corrected chi connectivity index (χ0v) is 13.3. The topological polar surface area (TPSA) is 32.3 Å². The number of carbonyl (C=O) groups excluding carboxylic acids is 1. The Hall–Kier alpha value is -0.290. The van der Waals surface area contributed by atoms with Crippen molar-refractivity contribution < 1.29 is 4.79 Å². The maximum absolute atomic E-state index is 12.5. The highest BCUT2D eigenvalue weighted by Crippen LogP contribution is 2.38. The van der Waals surface area contributed by atoms with Gasteiger partial charge in [-0.15, -0.1) is 23.7 Å². The molecule has 1 amide bonds. The highest BCUT2D eigenvalue weighted by atomic mass is 35.5. The molecule has 3 heterocycles. The number of likely N-dealkylation sites (tertiary alicyclic amines) is 1. The lowest BCUT2D eigenvalue weighted by molar-refractivity contribution is 0.0780. The zero-order valence-electron chi connectivity index (χ0n) is 10.9. The molecule has 1 spiro atoms. The lowest BCUT2D eigenvalue weighted by atomic mass is 9.87. The fraction of sp³-hybridized carbons (Fsp3) is 0.615. The standard InChI is InChI=1S/C13H17ClN2OS.ClH/c1-9-6-18-11(10(9)14)12(17)16-5-3-13(8-16)2-4-15-7-13;/h6,15H,2-5,7-8H2,1H3;1H. The van der Waals surface area contributed by atoms with Gasteiger partial charge in [0.15, 0.2) is 0 Å². The molecule has 1 aromatic rings. The summed E-state index contributed by atoms with van der Waals surface area (Å²) in [6, 6.07) is 0. The van der Waals surface area contributed by atoms with E-state index < -0.39 is 0 Å². The zero-order chi connectivity index (χ0) is 12.8. The van der Waals surface area contributed by atoms with Crippen LogP contribution in [-0.2, 0) is 0 Å². The second-order valence-electron chi connectivity index (χ2n) is 5.47. The lowest BCUT2D eigenvalue weighted by Crippen LogP contribution is -2.33. The molecule has 2 fully saturated rings. The first-order valence-electron chi connectivity index (χ1n) is 6.35. The third-order valence-corrected chi connectivity index (χ3v) is 5.84. The van der Waals surface area contributed by atoms with E-state index in [1.54, 1.807) is 0 Å². The van der Waals surface area contributed by atoms with Crippen molar-refractivity contribution in [2.75, 3.05) is 26.2 Å². The monoisotopic (exact) mass is 320 g/mol. The first-order chi connectivity index (χ1) is 8.61. The van der Waals surface area contributed by atoms with Crippen LogP contribution in [0.3, 0.4) is 0 Å². The van der Waals surface area contributed by atoms with Gasteiger partial charge in [-0.3, -0.25) is 4.79 Å². The number of halogens is 2. The van der Waals surface area contributed by atoms with E-state index in [1.165, 1.54) is 17.8 Å². The first kappa shape index (κ1) is 15.1. The summed E-state index contributed by atoms with van der Waals surface area (Å²) < 4.78 is 0. The Kier molecular flexibility index (Phi) is 4.45. The van der Waals surface area contributed by atoms with Crippen molar-refractivity contribution in [3.05, 3.63) is 20.8 Å². The average Bonchev–Trinajstić information content (AvgIpc) is 3.05. The van der Waals surface area contributed by atoms with Gasteiger partial charge in [-0.1, -0.05) is 11.6 Å². The molecular weight excluding hydrogens is 303 g/mol. The summed E-state index contributed by atoms with van der Waals surface area (Å²) in [5.41, 5.74) is 1.33. The summed E-state index contributed by atoms with van der Waals surface area (Å²) in [7, 11) is 0. The lowest BCUT2D eigenvalue weighted by Gasteiger charge is -2.22. The highest BCUT2D eigenvalue weighted by molar-refractivity contribution is 7.13. The maximum Gasteiger partial charge on any atom is 0.265 e. The van der Waals surface area contributed by atoms with Crippen molar-refractivity contribution in [1.29, 1.82) is 0 Å². The number of carbonyl (C=O) groups is 1. The van der Waals surface area contributed by atoms with E-state index in [1.807, 2.05) is 17.2 Å². The van der Waals surface area contributed by atoms with Crippen molar-refractivity contribution in [3.63, 3.8) is 0 Å². The van der Waals surface area contributed by atoms with Crippen LogP contribution in [-0.4, -0.2) is 37.0 Å². The second-order valence-corrected chi connectivity index (χ2v) is 6.72. The van der Waals surface area contributed by atoms with Gasteiger partial charge in [-0.2, -0.15) is 0 Å². The fourth-order valence-corrected chi connectivity index (χ4v) is 4.21. The first-order valence-corrected chi connectivity index (χ1v) is 7.61. The van der Waals surface area contributed by atoms with E-state index in [2.05, 4.69) is 5.32 Å². The van der Waals surface area contributed by atoms with Crippen LogP contribution in [0.1, 0.15) is 28.1 Å². The number of amides is 1. The molecule has 0 aromatic carbocycles. The molecule has 1 unspecified atom stereocenters. The van der Waals surface area contributed by atoms with Crippen LogP contribution in [0, 0.1) is 12.3 Å². The van der Waals surface area contributed by atoms with Crippen LogP contribution >= 0.6 is 35.3 Å². The van der Waals surface area contributed by atoms with Crippen LogP contribution in [0.2, 0.25) is 5.02 Å². The second kappa shape index (κ2) is 5.60. The van der Waals surface area contributed by atoms with E-state index in [0.29, 0.717) is 15.3 Å². The summed E-state index contributed by atoms with van der Waals surface area (Å²) in [6.07, 6.45) is 2.31. The number of nitrogens with one attached hydrogen (secondary N) is 1. The fourth-order valence-electron chi connectivity index (χ4n) is 2.97. The largest absolute Gasteiger partial charge is 0.337 e. The minimum atomic E-state index is 0. The van der Waals surface area contributed by atoms with Gasteiger partial charge < -0.3 is 10.2 Å². The van der Waals surface area contributed by atoms with Gasteiger partial charge in [0.1, 0.15) is 4.88 Å². The molecule has 0 bridgehead atoms. The predicted octanol–water partition coefficient (Wildman–Crippen LogP) is 2.96. The summed E-state index contributed by atoms with van der Waals surface area (Å²) >= 11 is 7.65. The third kappa shape index (κ3) is 2.64. The van der Waals surface area contributed by atoms with Crippen LogP contribution in [0.25, 0.3) is 0 Å². The number of aryl methyl sites for hydroxylation is 1. The SMILES string of the molecule is Cc1csc(C(=O)N2CCC3(CCNC3)C2)c1Cl.Cl. The number of thiophene rings is 1. The molecule has 0 radical (unpaired) electrons. The normalized spacial score (nSPS) is 25.9. The van der Waals surface area contributed by atoms with Crippen LogP contribution in [0.5, 0.6) is 0 Å². The molecule has 3 nitrogen and oxygen atoms in total. The summed E-state index contributed by atoms with van der Waals surface area (Å²) in [6.45, 7) is 5.83. The van der Waals surface area contributed by atoms with Gasteiger partial charge in [0.25, 0.3) is 5.91 Å². The molecule has 1 atom stereocenters. The molecule has 106 valence electrons. The van der Waals surface area contributed by atoms with Gasteiger partial charge in [0.05, 0.1) is 5.02 Å². The van der Waals surface area contributed by atoms with Crippen molar-refractivity contribution >= 4 is 41.3 Å². The third-order valence-electron chi connectivity index (χ3n) is 4.15. The van der Waals surface area contributed by atoms with Crippen LogP contribution in [0.4, 0.5) is 0 Å². The van der Waals surface area contributed by atoms with Crippen LogP contribution < -0.4 is 5.32 Å². The van der Waals surface area contributed by atoms with E-state index in [4.69, 9.17) is 11.6 Å². The number of hydrogen-bond acceptors (Lipinski definition) is 3. The molecule has 3 rings (SSSR count). The molecule has 1 N–H and O–H groups in total. The summed E-state index contributed by atoms with van der Waals surface area (Å²) in [4.78, 5) is 15.1. The Balaban J connectivity index is 0.00000133. The van der Waals surface area contributed by atoms with Gasteiger partial charge >= 0.3 is 0 Å². The predicted molar refractivity (Wildman–Crippen MR) is 81.8 cm³/mol. The minimum absolute atomic E-state index is 0. The highest BCUT2D eigenvalue weighted by Gasteiger charge is 2.42. The Morgan fingerprint density at radius 3 is 2.89 bits per heavy atom. The van der Waals surface area contributed by atoms with E-state index in [9.17, 15) is 4.79 Å². The average molecular weight is 321 g/mol. The molecule has 2 aliphatic heterocycles. The molecular formula is C13H18Cl2N2OS. The van der Waals surface area contributed by atoms with Crippen LogP contribution in [0.15, 0.2) is 5.38 Å². The van der Waals surface area contributed by atoms with Crippen molar-refractivity contribution in [3.8, 4) is 0 Å².